The van der Waals surface area contributed by atoms with Gasteiger partial charge < -0.3 is 15.4 Å². The van der Waals surface area contributed by atoms with E-state index in [9.17, 15) is 9.59 Å². The predicted octanol–water partition coefficient (Wildman–Crippen LogP) is 4.11. The molecule has 28 heavy (non-hydrogen) atoms. The molecule has 2 amide bonds. The minimum atomic E-state index is -0.340. The summed E-state index contributed by atoms with van der Waals surface area (Å²) in [6.07, 6.45) is 1.98. The number of carbonyl (C=O) groups is 2. The van der Waals surface area contributed by atoms with Crippen LogP contribution in [0.15, 0.2) is 46.9 Å². The van der Waals surface area contributed by atoms with Crippen LogP contribution >= 0.6 is 28.1 Å². The molecule has 0 aromatic heterocycles. The molecule has 0 bridgehead atoms. The lowest BCUT2D eigenvalue weighted by molar-refractivity contribution is 0.0950. The summed E-state index contributed by atoms with van der Waals surface area (Å²) in [7, 11) is 1.55. The molecule has 8 heteroatoms. The molecule has 0 spiro atoms. The van der Waals surface area contributed by atoms with Crippen LogP contribution in [0.5, 0.6) is 5.75 Å². The van der Waals surface area contributed by atoms with Crippen LogP contribution in [0.25, 0.3) is 0 Å². The number of nitrogens with one attached hydrogen (secondary N) is 3. The lowest BCUT2D eigenvalue weighted by atomic mass is 10.2. The van der Waals surface area contributed by atoms with Gasteiger partial charge in [-0.05, 0) is 77.0 Å². The minimum absolute atomic E-state index is 0.110. The third kappa shape index (κ3) is 6.31. The fraction of sp³-hybridized carbons (Fsp3) is 0.250. The van der Waals surface area contributed by atoms with Crippen LogP contribution < -0.4 is 20.7 Å². The number of hydrogen-bond donors (Lipinski definition) is 3. The molecule has 0 aliphatic rings. The number of ether oxygens (including phenoxy) is 1. The summed E-state index contributed by atoms with van der Waals surface area (Å²) in [5, 5.41) is 8.58. The van der Waals surface area contributed by atoms with Crippen LogP contribution in [-0.4, -0.2) is 30.6 Å². The Morgan fingerprint density at radius 3 is 2.36 bits per heavy atom. The zero-order chi connectivity index (χ0) is 20.5. The second-order valence-corrected chi connectivity index (χ2v) is 7.21. The maximum absolute atomic E-state index is 12.3. The van der Waals surface area contributed by atoms with Gasteiger partial charge in [-0.3, -0.25) is 14.9 Å². The topological polar surface area (TPSA) is 79.5 Å². The zero-order valence-corrected chi connectivity index (χ0v) is 18.1. The number of benzene rings is 2. The van der Waals surface area contributed by atoms with Gasteiger partial charge in [0.15, 0.2) is 5.11 Å². The number of rotatable bonds is 7. The van der Waals surface area contributed by atoms with Gasteiger partial charge in [0.25, 0.3) is 11.8 Å². The largest absolute Gasteiger partial charge is 0.496 e. The van der Waals surface area contributed by atoms with Crippen LogP contribution in [0.2, 0.25) is 0 Å². The number of thiocarbonyl (C=S) groups is 1. The Hall–Kier alpha value is -2.45. The maximum atomic E-state index is 12.3. The molecule has 0 aliphatic heterocycles. The highest BCUT2D eigenvalue weighted by atomic mass is 79.9. The van der Waals surface area contributed by atoms with E-state index in [1.165, 1.54) is 0 Å². The van der Waals surface area contributed by atoms with Gasteiger partial charge in [-0.1, -0.05) is 13.3 Å². The first-order valence-corrected chi connectivity index (χ1v) is 9.99. The Balaban J connectivity index is 1.91. The SMILES string of the molecule is CCCCNC(=O)c1ccc(NC(=S)NC(=O)c2ccc(OC)c(Br)c2)cc1. The van der Waals surface area contributed by atoms with Crippen molar-refractivity contribution >= 4 is 50.8 Å². The number of unbranched alkanes of at least 4 members (excludes halogenated alkanes) is 1. The predicted molar refractivity (Wildman–Crippen MR) is 118 cm³/mol. The Bertz CT molecular complexity index is 856. The number of methoxy groups -OCH3 is 1. The number of anilines is 1. The summed E-state index contributed by atoms with van der Waals surface area (Å²) in [5.41, 5.74) is 1.68. The fourth-order valence-electron chi connectivity index (χ4n) is 2.33. The van der Waals surface area contributed by atoms with Crippen molar-refractivity contribution in [2.75, 3.05) is 19.0 Å². The highest BCUT2D eigenvalue weighted by molar-refractivity contribution is 9.10. The molecule has 2 rings (SSSR count). The van der Waals surface area contributed by atoms with Crippen molar-refractivity contribution in [1.29, 1.82) is 0 Å². The molecular formula is C20H22BrN3O3S. The third-order valence-electron chi connectivity index (χ3n) is 3.86. The molecule has 3 N–H and O–H groups in total. The van der Waals surface area contributed by atoms with E-state index >= 15 is 0 Å². The molecule has 2 aromatic carbocycles. The van der Waals surface area contributed by atoms with Crippen LogP contribution in [0.1, 0.15) is 40.5 Å². The van der Waals surface area contributed by atoms with E-state index in [2.05, 4.69) is 38.8 Å². The summed E-state index contributed by atoms with van der Waals surface area (Å²) in [6, 6.07) is 11.9. The Kier molecular flexibility index (Phi) is 8.41. The number of amides is 2. The maximum Gasteiger partial charge on any atom is 0.257 e. The lowest BCUT2D eigenvalue weighted by Gasteiger charge is -2.11. The van der Waals surface area contributed by atoms with E-state index < -0.39 is 0 Å². The van der Waals surface area contributed by atoms with Crippen molar-refractivity contribution in [1.82, 2.24) is 10.6 Å². The molecule has 0 unspecified atom stereocenters. The van der Waals surface area contributed by atoms with Gasteiger partial charge in [-0.15, -0.1) is 0 Å². The van der Waals surface area contributed by atoms with Crippen molar-refractivity contribution in [2.45, 2.75) is 19.8 Å². The number of carbonyl (C=O) groups excluding carboxylic acids is 2. The average molecular weight is 464 g/mol. The molecular weight excluding hydrogens is 442 g/mol. The molecule has 0 fully saturated rings. The first kappa shape index (κ1) is 21.8. The minimum Gasteiger partial charge on any atom is -0.496 e. The lowest BCUT2D eigenvalue weighted by Crippen LogP contribution is -2.34. The molecule has 0 saturated heterocycles. The Labute approximate surface area is 178 Å². The Morgan fingerprint density at radius 1 is 1.07 bits per heavy atom. The number of hydrogen-bond acceptors (Lipinski definition) is 4. The van der Waals surface area contributed by atoms with Crippen LogP contribution in [0, 0.1) is 0 Å². The summed E-state index contributed by atoms with van der Waals surface area (Å²) in [4.78, 5) is 24.3. The first-order chi connectivity index (χ1) is 13.4. The molecule has 148 valence electrons. The van der Waals surface area contributed by atoms with Crippen LogP contribution in [0.4, 0.5) is 5.69 Å². The van der Waals surface area contributed by atoms with Crippen molar-refractivity contribution in [3.8, 4) is 5.75 Å². The fourth-order valence-corrected chi connectivity index (χ4v) is 3.08. The van der Waals surface area contributed by atoms with E-state index in [0.29, 0.717) is 33.6 Å². The standard InChI is InChI=1S/C20H22BrN3O3S/c1-3-4-11-22-18(25)13-5-8-15(9-6-13)23-20(28)24-19(26)14-7-10-17(27-2)16(21)12-14/h5-10,12H,3-4,11H2,1-2H3,(H,22,25)(H2,23,24,26,28). The van der Waals surface area contributed by atoms with Crippen molar-refractivity contribution in [3.63, 3.8) is 0 Å². The van der Waals surface area contributed by atoms with Crippen molar-refractivity contribution < 1.29 is 14.3 Å². The van der Waals surface area contributed by atoms with Gasteiger partial charge in [0, 0.05) is 23.4 Å². The van der Waals surface area contributed by atoms with E-state index in [4.69, 9.17) is 17.0 Å². The molecule has 0 heterocycles. The molecule has 0 radical (unpaired) electrons. The summed E-state index contributed by atoms with van der Waals surface area (Å²) >= 11 is 8.54. The summed E-state index contributed by atoms with van der Waals surface area (Å²) in [5.74, 6) is 0.185. The van der Waals surface area contributed by atoms with Crippen molar-refractivity contribution in [3.05, 3.63) is 58.1 Å². The van der Waals surface area contributed by atoms with Gasteiger partial charge in [0.05, 0.1) is 11.6 Å². The molecule has 2 aromatic rings. The highest BCUT2D eigenvalue weighted by Gasteiger charge is 2.11. The van der Waals surface area contributed by atoms with Crippen LogP contribution in [-0.2, 0) is 0 Å². The summed E-state index contributed by atoms with van der Waals surface area (Å²) in [6.45, 7) is 2.73. The summed E-state index contributed by atoms with van der Waals surface area (Å²) < 4.78 is 5.82. The van der Waals surface area contributed by atoms with Gasteiger partial charge >= 0.3 is 0 Å². The third-order valence-corrected chi connectivity index (χ3v) is 4.69. The molecule has 0 saturated carbocycles. The van der Waals surface area contributed by atoms with E-state index in [1.807, 2.05) is 0 Å². The van der Waals surface area contributed by atoms with Crippen molar-refractivity contribution in [2.24, 2.45) is 0 Å². The first-order valence-electron chi connectivity index (χ1n) is 8.78. The molecule has 0 aliphatic carbocycles. The van der Waals surface area contributed by atoms with Crippen LogP contribution in [0.3, 0.4) is 0 Å². The Morgan fingerprint density at radius 2 is 1.75 bits per heavy atom. The highest BCUT2D eigenvalue weighted by Crippen LogP contribution is 2.25. The van der Waals surface area contributed by atoms with Gasteiger partial charge in [0.1, 0.15) is 5.75 Å². The quantitative estimate of drug-likeness (QED) is 0.425. The second kappa shape index (κ2) is 10.8. The zero-order valence-electron chi connectivity index (χ0n) is 15.7. The van der Waals surface area contributed by atoms with E-state index in [-0.39, 0.29) is 16.9 Å². The van der Waals surface area contributed by atoms with E-state index in [0.717, 1.165) is 12.8 Å². The van der Waals surface area contributed by atoms with Gasteiger partial charge in [-0.2, -0.15) is 0 Å². The van der Waals surface area contributed by atoms with Gasteiger partial charge in [-0.25, -0.2) is 0 Å². The van der Waals surface area contributed by atoms with Gasteiger partial charge in [0.2, 0.25) is 0 Å². The molecule has 0 atom stereocenters. The normalized spacial score (nSPS) is 10.1. The average Bonchev–Trinajstić information content (AvgIpc) is 2.68. The monoisotopic (exact) mass is 463 g/mol. The molecule has 6 nitrogen and oxygen atoms in total. The van der Waals surface area contributed by atoms with E-state index in [1.54, 1.807) is 49.6 Å². The smallest absolute Gasteiger partial charge is 0.257 e. The number of halogens is 1. The second-order valence-electron chi connectivity index (χ2n) is 5.94.